The van der Waals surface area contributed by atoms with E-state index in [9.17, 15) is 18.0 Å². The molecule has 0 unspecified atom stereocenters. The molecule has 1 amide bonds. The molecule has 0 saturated heterocycles. The van der Waals surface area contributed by atoms with Gasteiger partial charge in [-0.15, -0.1) is 0 Å². The van der Waals surface area contributed by atoms with E-state index in [2.05, 4.69) is 5.32 Å². The van der Waals surface area contributed by atoms with E-state index in [0.717, 1.165) is 22.9 Å². The predicted molar refractivity (Wildman–Crippen MR) is 102 cm³/mol. The highest BCUT2D eigenvalue weighted by molar-refractivity contribution is 5.84. The molecular weight excluding hydrogens is 367 g/mol. The minimum Gasteiger partial charge on any atom is -0.481 e. The van der Waals surface area contributed by atoms with E-state index in [1.54, 1.807) is 12.1 Å². The number of carbonyl (C=O) groups excluding carboxylic acids is 1. The highest BCUT2D eigenvalue weighted by Crippen LogP contribution is 2.29. The van der Waals surface area contributed by atoms with Crippen molar-refractivity contribution in [1.82, 2.24) is 5.32 Å². The van der Waals surface area contributed by atoms with Gasteiger partial charge in [-0.25, -0.2) is 0 Å². The maximum absolute atomic E-state index is 12.8. The average Bonchev–Trinajstić information content (AvgIpc) is 2.69. The van der Waals surface area contributed by atoms with Crippen molar-refractivity contribution in [2.75, 3.05) is 0 Å². The van der Waals surface area contributed by atoms with E-state index in [1.807, 2.05) is 43.3 Å². The molecule has 28 heavy (non-hydrogen) atoms. The largest absolute Gasteiger partial charge is 0.481 e. The molecule has 146 valence electrons. The summed E-state index contributed by atoms with van der Waals surface area (Å²) in [4.78, 5) is 12.4. The van der Waals surface area contributed by atoms with Crippen molar-refractivity contribution in [2.24, 2.45) is 0 Å². The van der Waals surface area contributed by atoms with Crippen LogP contribution in [0, 0.1) is 0 Å². The Balaban J connectivity index is 1.65. The fraction of sp³-hybridized carbons (Fsp3) is 0.227. The molecule has 3 rings (SSSR count). The third-order valence-electron chi connectivity index (χ3n) is 4.38. The van der Waals surface area contributed by atoms with Crippen molar-refractivity contribution in [2.45, 2.75) is 32.2 Å². The molecule has 0 heterocycles. The van der Waals surface area contributed by atoms with Crippen LogP contribution >= 0.6 is 0 Å². The number of carbonyl (C=O) groups is 1. The Hall–Kier alpha value is -3.02. The van der Waals surface area contributed by atoms with E-state index in [0.29, 0.717) is 17.7 Å². The molecular formula is C22H20F3NO2. The SMILES string of the molecule is CC[C@@H](Oc1ccc2ccccc2c1)C(=O)NCc1cccc(C(F)(F)F)c1. The van der Waals surface area contributed by atoms with Crippen molar-refractivity contribution >= 4 is 16.7 Å². The molecule has 0 bridgehead atoms. The van der Waals surface area contributed by atoms with Gasteiger partial charge in [-0.3, -0.25) is 4.79 Å². The molecule has 6 heteroatoms. The van der Waals surface area contributed by atoms with E-state index < -0.39 is 17.8 Å². The van der Waals surface area contributed by atoms with E-state index in [-0.39, 0.29) is 12.5 Å². The lowest BCUT2D eigenvalue weighted by molar-refractivity contribution is -0.137. The molecule has 0 fully saturated rings. The maximum atomic E-state index is 12.8. The molecule has 0 aliphatic heterocycles. The Kier molecular flexibility index (Phi) is 5.87. The van der Waals surface area contributed by atoms with Crippen LogP contribution in [0.1, 0.15) is 24.5 Å². The van der Waals surface area contributed by atoms with Gasteiger partial charge in [-0.2, -0.15) is 13.2 Å². The maximum Gasteiger partial charge on any atom is 0.416 e. The Labute approximate surface area is 161 Å². The number of nitrogens with one attached hydrogen (secondary N) is 1. The summed E-state index contributed by atoms with van der Waals surface area (Å²) in [5.74, 6) is 0.202. The summed E-state index contributed by atoms with van der Waals surface area (Å²) in [5.41, 5.74) is -0.359. The standard InChI is InChI=1S/C22H20F3NO2/c1-2-20(28-19-11-10-16-7-3-4-8-17(16)13-19)21(27)26-14-15-6-5-9-18(12-15)22(23,24)25/h3-13,20H,2,14H2,1H3,(H,26,27)/t20-/m1/s1. The van der Waals surface area contributed by atoms with Crippen LogP contribution in [0.25, 0.3) is 10.8 Å². The van der Waals surface area contributed by atoms with Crippen LogP contribution in [0.2, 0.25) is 0 Å². The number of rotatable bonds is 6. The monoisotopic (exact) mass is 387 g/mol. The van der Waals surface area contributed by atoms with Crippen LogP contribution in [0.5, 0.6) is 5.75 Å². The topological polar surface area (TPSA) is 38.3 Å². The fourth-order valence-electron chi connectivity index (χ4n) is 2.89. The Morgan fingerprint density at radius 1 is 1.00 bits per heavy atom. The lowest BCUT2D eigenvalue weighted by Gasteiger charge is -2.18. The first-order valence-electron chi connectivity index (χ1n) is 8.96. The summed E-state index contributed by atoms with van der Waals surface area (Å²) in [6, 6.07) is 18.3. The highest BCUT2D eigenvalue weighted by atomic mass is 19.4. The molecule has 3 aromatic carbocycles. The van der Waals surface area contributed by atoms with Gasteiger partial charge < -0.3 is 10.1 Å². The normalized spacial score (nSPS) is 12.6. The minimum atomic E-state index is -4.41. The van der Waals surface area contributed by atoms with Crippen LogP contribution in [0.3, 0.4) is 0 Å². The summed E-state index contributed by atoms with van der Waals surface area (Å²) < 4.78 is 44.2. The van der Waals surface area contributed by atoms with Crippen molar-refractivity contribution in [3.63, 3.8) is 0 Å². The van der Waals surface area contributed by atoms with Gasteiger partial charge in [0.2, 0.25) is 0 Å². The van der Waals surface area contributed by atoms with Gasteiger partial charge in [-0.05, 0) is 47.0 Å². The summed E-state index contributed by atoms with van der Waals surface area (Å²) in [6.45, 7) is 1.82. The van der Waals surface area contributed by atoms with Gasteiger partial charge in [0.25, 0.3) is 5.91 Å². The number of alkyl halides is 3. The second-order valence-corrected chi connectivity index (χ2v) is 6.44. The highest BCUT2D eigenvalue weighted by Gasteiger charge is 2.30. The Morgan fingerprint density at radius 2 is 1.75 bits per heavy atom. The first-order chi connectivity index (χ1) is 13.4. The van der Waals surface area contributed by atoms with Crippen molar-refractivity contribution in [1.29, 1.82) is 0 Å². The summed E-state index contributed by atoms with van der Waals surface area (Å²) in [5, 5.41) is 4.72. The third kappa shape index (κ3) is 4.82. The quantitative estimate of drug-likeness (QED) is 0.621. The smallest absolute Gasteiger partial charge is 0.416 e. The van der Waals surface area contributed by atoms with Gasteiger partial charge in [0, 0.05) is 6.54 Å². The molecule has 1 N–H and O–H groups in total. The Bertz CT molecular complexity index is 969. The summed E-state index contributed by atoms with van der Waals surface area (Å²) >= 11 is 0. The zero-order chi connectivity index (χ0) is 20.1. The zero-order valence-electron chi connectivity index (χ0n) is 15.3. The number of benzene rings is 3. The van der Waals surface area contributed by atoms with Crippen LogP contribution < -0.4 is 10.1 Å². The number of amides is 1. The predicted octanol–water partition coefficient (Wildman–Crippen LogP) is 5.33. The zero-order valence-corrected chi connectivity index (χ0v) is 15.3. The molecule has 3 nitrogen and oxygen atoms in total. The number of ether oxygens (including phenoxy) is 1. The molecule has 3 aromatic rings. The van der Waals surface area contributed by atoms with Gasteiger partial charge in [0.15, 0.2) is 6.10 Å². The van der Waals surface area contributed by atoms with Gasteiger partial charge in [0.05, 0.1) is 5.56 Å². The average molecular weight is 387 g/mol. The molecule has 0 saturated carbocycles. The number of fused-ring (bicyclic) bond motifs is 1. The van der Waals surface area contributed by atoms with E-state index >= 15 is 0 Å². The van der Waals surface area contributed by atoms with Gasteiger partial charge >= 0.3 is 6.18 Å². The molecule has 0 radical (unpaired) electrons. The summed E-state index contributed by atoms with van der Waals surface area (Å²) in [7, 11) is 0. The van der Waals surface area contributed by atoms with Crippen molar-refractivity contribution in [3.05, 3.63) is 77.9 Å². The van der Waals surface area contributed by atoms with Crippen molar-refractivity contribution in [3.8, 4) is 5.75 Å². The third-order valence-corrected chi connectivity index (χ3v) is 4.38. The molecule has 1 atom stereocenters. The van der Waals surface area contributed by atoms with Crippen molar-refractivity contribution < 1.29 is 22.7 Å². The molecule has 0 aromatic heterocycles. The Morgan fingerprint density at radius 3 is 2.46 bits per heavy atom. The first kappa shape index (κ1) is 19.7. The van der Waals surface area contributed by atoms with Crippen LogP contribution in [0.15, 0.2) is 66.7 Å². The number of halogens is 3. The molecule has 0 aliphatic rings. The van der Waals surface area contributed by atoms with Crippen LogP contribution in [-0.2, 0) is 17.5 Å². The fourth-order valence-corrected chi connectivity index (χ4v) is 2.89. The lowest BCUT2D eigenvalue weighted by atomic mass is 10.1. The van der Waals surface area contributed by atoms with E-state index in [1.165, 1.54) is 6.07 Å². The number of hydrogen-bond acceptors (Lipinski definition) is 2. The van der Waals surface area contributed by atoms with Gasteiger partial charge in [0.1, 0.15) is 5.75 Å². The van der Waals surface area contributed by atoms with Gasteiger partial charge in [-0.1, -0.05) is 49.4 Å². The molecule has 0 spiro atoms. The summed E-state index contributed by atoms with van der Waals surface area (Å²) in [6.07, 6.45) is -4.71. The first-order valence-corrected chi connectivity index (χ1v) is 8.96. The number of hydrogen-bond donors (Lipinski definition) is 1. The second-order valence-electron chi connectivity index (χ2n) is 6.44. The van der Waals surface area contributed by atoms with E-state index in [4.69, 9.17) is 4.74 Å². The molecule has 0 aliphatic carbocycles. The lowest BCUT2D eigenvalue weighted by Crippen LogP contribution is -2.37. The van der Waals surface area contributed by atoms with Crippen LogP contribution in [-0.4, -0.2) is 12.0 Å². The van der Waals surface area contributed by atoms with Crippen LogP contribution in [0.4, 0.5) is 13.2 Å². The minimum absolute atomic E-state index is 0.000331. The second kappa shape index (κ2) is 8.33.